The van der Waals surface area contributed by atoms with Crippen molar-refractivity contribution in [3.63, 3.8) is 0 Å². The van der Waals surface area contributed by atoms with E-state index in [0.717, 1.165) is 33.8 Å². The lowest BCUT2D eigenvalue weighted by molar-refractivity contribution is -0.119. The van der Waals surface area contributed by atoms with E-state index < -0.39 is 6.04 Å². The number of carbonyl (C=O) groups excluding carboxylic acids is 1. The molecule has 3 aromatic heterocycles. The number of aromatic nitrogens is 5. The number of amides is 1. The number of anilines is 1. The quantitative estimate of drug-likeness (QED) is 0.496. The molecule has 1 unspecified atom stereocenters. The molecule has 0 saturated heterocycles. The van der Waals surface area contributed by atoms with Gasteiger partial charge in [0, 0.05) is 11.5 Å². The number of nitrogens with zero attached hydrogens (tertiary/aromatic N) is 5. The molecule has 31 heavy (non-hydrogen) atoms. The van der Waals surface area contributed by atoms with Crippen LogP contribution < -0.4 is 10.9 Å². The fraction of sp³-hybridized carbons (Fsp3) is 0.318. The third kappa shape index (κ3) is 3.76. The second kappa shape index (κ2) is 8.43. The number of pyridine rings is 1. The molecule has 0 fully saturated rings. The third-order valence-corrected chi connectivity index (χ3v) is 6.22. The molecule has 0 spiro atoms. The fourth-order valence-corrected chi connectivity index (χ4v) is 4.48. The molecular weight excluding hydrogens is 412 g/mol. The van der Waals surface area contributed by atoms with E-state index in [1.165, 1.54) is 11.3 Å². The van der Waals surface area contributed by atoms with Crippen molar-refractivity contribution >= 4 is 33.4 Å². The minimum absolute atomic E-state index is 0.240. The number of nitrogens with one attached hydrogen (secondary N) is 1. The van der Waals surface area contributed by atoms with Gasteiger partial charge in [0.2, 0.25) is 11.0 Å². The lowest BCUT2D eigenvalue weighted by atomic mass is 10.1. The van der Waals surface area contributed by atoms with Crippen LogP contribution in [0.5, 0.6) is 0 Å². The number of para-hydroxylation sites is 1. The van der Waals surface area contributed by atoms with Gasteiger partial charge in [-0.3, -0.25) is 19.5 Å². The zero-order valence-electron chi connectivity index (χ0n) is 17.9. The largest absolute Gasteiger partial charge is 0.299 e. The first kappa shape index (κ1) is 20.9. The van der Waals surface area contributed by atoms with Gasteiger partial charge in [-0.15, -0.1) is 10.2 Å². The van der Waals surface area contributed by atoms with Crippen molar-refractivity contribution < 1.29 is 4.79 Å². The summed E-state index contributed by atoms with van der Waals surface area (Å²) < 4.78 is 3.29. The average molecular weight is 437 g/mol. The van der Waals surface area contributed by atoms with E-state index in [-0.39, 0.29) is 11.5 Å². The molecule has 1 atom stereocenters. The molecule has 9 heteroatoms. The van der Waals surface area contributed by atoms with Gasteiger partial charge in [0.1, 0.15) is 16.7 Å². The van der Waals surface area contributed by atoms with Crippen LogP contribution in [0.2, 0.25) is 0 Å². The van der Waals surface area contributed by atoms with Crippen LogP contribution in [0.15, 0.2) is 41.2 Å². The molecule has 1 N–H and O–H groups in total. The molecular formula is C22H24N6O2S. The molecule has 1 aromatic carbocycles. The van der Waals surface area contributed by atoms with Crippen molar-refractivity contribution in [2.24, 2.45) is 0 Å². The van der Waals surface area contributed by atoms with Crippen LogP contribution in [-0.4, -0.2) is 30.5 Å². The van der Waals surface area contributed by atoms with Crippen molar-refractivity contribution in [3.8, 4) is 5.69 Å². The van der Waals surface area contributed by atoms with Crippen LogP contribution in [0.4, 0.5) is 5.13 Å². The molecule has 3 heterocycles. The predicted molar refractivity (Wildman–Crippen MR) is 122 cm³/mol. The van der Waals surface area contributed by atoms with E-state index in [9.17, 15) is 9.59 Å². The van der Waals surface area contributed by atoms with E-state index in [0.29, 0.717) is 17.2 Å². The minimum Gasteiger partial charge on any atom is -0.299 e. The van der Waals surface area contributed by atoms with E-state index in [1.54, 1.807) is 15.3 Å². The molecule has 0 bridgehead atoms. The third-order valence-electron chi connectivity index (χ3n) is 5.24. The summed E-state index contributed by atoms with van der Waals surface area (Å²) in [5.74, 6) is -0.299. The molecule has 1 amide bonds. The fourth-order valence-electron chi connectivity index (χ4n) is 3.80. The van der Waals surface area contributed by atoms with E-state index in [1.807, 2.05) is 58.0 Å². The second-order valence-corrected chi connectivity index (χ2v) is 8.40. The molecule has 160 valence electrons. The Morgan fingerprint density at radius 3 is 2.55 bits per heavy atom. The number of hydrogen-bond acceptors (Lipinski definition) is 6. The van der Waals surface area contributed by atoms with Crippen LogP contribution >= 0.6 is 11.3 Å². The summed E-state index contributed by atoms with van der Waals surface area (Å²) in [6, 6.07) is 10.5. The molecule has 0 aliphatic rings. The van der Waals surface area contributed by atoms with Crippen LogP contribution in [-0.2, 0) is 11.2 Å². The smallest absolute Gasteiger partial charge is 0.253 e. The number of hydrogen-bond donors (Lipinski definition) is 1. The van der Waals surface area contributed by atoms with Crippen molar-refractivity contribution in [1.29, 1.82) is 0 Å². The topological polar surface area (TPSA) is 94.7 Å². The minimum atomic E-state index is -0.719. The molecule has 0 aliphatic carbocycles. The molecule has 0 radical (unpaired) electrons. The van der Waals surface area contributed by atoms with Gasteiger partial charge in [0.25, 0.3) is 5.56 Å². The van der Waals surface area contributed by atoms with E-state index >= 15 is 0 Å². The highest BCUT2D eigenvalue weighted by Crippen LogP contribution is 2.27. The second-order valence-electron chi connectivity index (χ2n) is 7.33. The maximum Gasteiger partial charge on any atom is 0.253 e. The summed E-state index contributed by atoms with van der Waals surface area (Å²) in [5.41, 5.74) is 2.84. The number of carbonyl (C=O) groups is 1. The summed E-state index contributed by atoms with van der Waals surface area (Å²) in [4.78, 5) is 26.4. The first-order chi connectivity index (χ1) is 14.9. The Labute approximate surface area is 183 Å². The Morgan fingerprint density at radius 2 is 1.90 bits per heavy atom. The Hall–Kier alpha value is -3.33. The van der Waals surface area contributed by atoms with Gasteiger partial charge in [-0.05, 0) is 44.4 Å². The molecule has 8 nitrogen and oxygen atoms in total. The monoisotopic (exact) mass is 436 g/mol. The van der Waals surface area contributed by atoms with Crippen LogP contribution in [0.1, 0.15) is 42.6 Å². The van der Waals surface area contributed by atoms with Crippen LogP contribution in [0.3, 0.4) is 0 Å². The number of aryl methyl sites for hydroxylation is 3. The number of benzene rings is 1. The van der Waals surface area contributed by atoms with Crippen molar-refractivity contribution in [2.45, 2.75) is 46.6 Å². The van der Waals surface area contributed by atoms with Gasteiger partial charge < -0.3 is 0 Å². The van der Waals surface area contributed by atoms with Gasteiger partial charge in [-0.25, -0.2) is 4.68 Å². The first-order valence-corrected chi connectivity index (χ1v) is 11.1. The van der Waals surface area contributed by atoms with Gasteiger partial charge in [-0.2, -0.15) is 5.10 Å². The highest BCUT2D eigenvalue weighted by molar-refractivity contribution is 7.15. The lowest BCUT2D eigenvalue weighted by Crippen LogP contribution is -2.34. The van der Waals surface area contributed by atoms with Gasteiger partial charge >= 0.3 is 0 Å². The molecule has 4 aromatic rings. The summed E-state index contributed by atoms with van der Waals surface area (Å²) >= 11 is 1.34. The van der Waals surface area contributed by atoms with Crippen molar-refractivity contribution in [1.82, 2.24) is 24.5 Å². The van der Waals surface area contributed by atoms with Crippen molar-refractivity contribution in [3.05, 3.63) is 63.0 Å². The molecule has 0 saturated carbocycles. The van der Waals surface area contributed by atoms with Gasteiger partial charge in [-0.1, -0.05) is 43.4 Å². The summed E-state index contributed by atoms with van der Waals surface area (Å²) in [5, 5.41) is 17.8. The first-order valence-electron chi connectivity index (χ1n) is 10.2. The number of rotatable bonds is 6. The van der Waals surface area contributed by atoms with Crippen molar-refractivity contribution in [2.75, 3.05) is 5.32 Å². The maximum atomic E-state index is 13.2. The molecule has 0 aliphatic heterocycles. The average Bonchev–Trinajstić information content (AvgIpc) is 3.35. The summed E-state index contributed by atoms with van der Waals surface area (Å²) in [7, 11) is 0. The van der Waals surface area contributed by atoms with E-state index in [2.05, 4.69) is 15.5 Å². The zero-order valence-corrected chi connectivity index (χ0v) is 18.7. The normalized spacial score (nSPS) is 12.3. The maximum absolute atomic E-state index is 13.2. The Balaban J connectivity index is 1.88. The highest BCUT2D eigenvalue weighted by Gasteiger charge is 2.26. The summed E-state index contributed by atoms with van der Waals surface area (Å²) in [6.45, 7) is 7.68. The molecule has 4 rings (SSSR count). The Bertz CT molecular complexity index is 1310. The number of fused-ring (bicyclic) bond motifs is 1. The highest BCUT2D eigenvalue weighted by atomic mass is 32.1. The van der Waals surface area contributed by atoms with Crippen LogP contribution in [0.25, 0.3) is 16.7 Å². The standard InChI is InChI=1S/C22H24N6O2S/c1-5-16(20(30)23-22-25-24-17(6-2)31-22)27-18(29)12-13(3)19-14(4)26-28(21(19)27)15-10-8-7-9-11-15/h7-12,16H,5-6H2,1-4H3,(H,23,25,30). The predicted octanol–water partition coefficient (Wildman–Crippen LogP) is 3.81. The summed E-state index contributed by atoms with van der Waals surface area (Å²) in [6.07, 6.45) is 1.18. The zero-order chi connectivity index (χ0) is 22.1. The lowest BCUT2D eigenvalue weighted by Gasteiger charge is -2.20. The van der Waals surface area contributed by atoms with Gasteiger partial charge in [0.15, 0.2) is 0 Å². The van der Waals surface area contributed by atoms with E-state index in [4.69, 9.17) is 5.10 Å². The SMILES string of the molecule is CCc1nnc(NC(=O)C(CC)n2c(=O)cc(C)c3c(C)nn(-c4ccccc4)c32)s1. The van der Waals surface area contributed by atoms with Crippen LogP contribution in [0, 0.1) is 13.8 Å². The Morgan fingerprint density at radius 1 is 1.16 bits per heavy atom. The van der Waals surface area contributed by atoms with Gasteiger partial charge in [0.05, 0.1) is 11.4 Å². The Kier molecular flexibility index (Phi) is 5.69.